The highest BCUT2D eigenvalue weighted by atomic mass is 16.2. The van der Waals surface area contributed by atoms with Gasteiger partial charge in [-0.3, -0.25) is 4.79 Å². The lowest BCUT2D eigenvalue weighted by molar-refractivity contribution is -0.126. The number of allylic oxidation sites excluding steroid dienone is 1. The lowest BCUT2D eigenvalue weighted by Gasteiger charge is -2.36. The van der Waals surface area contributed by atoms with Crippen LogP contribution in [0.2, 0.25) is 0 Å². The lowest BCUT2D eigenvalue weighted by atomic mass is 9.77. The van der Waals surface area contributed by atoms with Crippen molar-refractivity contribution in [2.75, 3.05) is 27.2 Å². The zero-order valence-electron chi connectivity index (χ0n) is 13.2. The SMILES string of the molecule is CN1CCN(C)C(C(C)(C)C)=C(C(C)(C)C)C1=O. The summed E-state index contributed by atoms with van der Waals surface area (Å²) in [6.45, 7) is 14.6. The first-order chi connectivity index (χ1) is 7.96. The molecule has 0 aromatic rings. The first kappa shape index (κ1) is 15.1. The predicted molar refractivity (Wildman–Crippen MR) is 76.2 cm³/mol. The van der Waals surface area contributed by atoms with Crippen molar-refractivity contribution in [2.45, 2.75) is 41.5 Å². The number of hydrogen-bond acceptors (Lipinski definition) is 2. The van der Waals surface area contributed by atoms with E-state index in [0.29, 0.717) is 0 Å². The highest BCUT2D eigenvalue weighted by Crippen LogP contribution is 2.39. The van der Waals surface area contributed by atoms with Gasteiger partial charge in [0.2, 0.25) is 0 Å². The fraction of sp³-hybridized carbons (Fsp3) is 0.800. The molecule has 0 aromatic heterocycles. The van der Waals surface area contributed by atoms with E-state index in [9.17, 15) is 4.79 Å². The molecule has 1 heterocycles. The second-order valence-electron chi connectivity index (χ2n) is 7.37. The van der Waals surface area contributed by atoms with Crippen LogP contribution < -0.4 is 0 Å². The number of nitrogens with zero attached hydrogens (tertiary/aromatic N) is 2. The van der Waals surface area contributed by atoms with Crippen molar-refractivity contribution in [2.24, 2.45) is 10.8 Å². The van der Waals surface area contributed by atoms with Crippen LogP contribution in [0.25, 0.3) is 0 Å². The fourth-order valence-corrected chi connectivity index (χ4v) is 2.62. The molecule has 3 heteroatoms. The van der Waals surface area contributed by atoms with E-state index in [4.69, 9.17) is 0 Å². The third kappa shape index (κ3) is 2.88. The molecule has 0 aromatic carbocycles. The van der Waals surface area contributed by atoms with Crippen molar-refractivity contribution in [3.05, 3.63) is 11.3 Å². The zero-order valence-corrected chi connectivity index (χ0v) is 13.2. The number of hydrogen-bond donors (Lipinski definition) is 0. The molecule has 18 heavy (non-hydrogen) atoms. The van der Waals surface area contributed by atoms with Crippen LogP contribution >= 0.6 is 0 Å². The molecule has 0 saturated heterocycles. The molecule has 3 nitrogen and oxygen atoms in total. The van der Waals surface area contributed by atoms with Gasteiger partial charge >= 0.3 is 0 Å². The molecule has 1 rings (SSSR count). The van der Waals surface area contributed by atoms with Crippen molar-refractivity contribution in [3.8, 4) is 0 Å². The predicted octanol–water partition coefficient (Wildman–Crippen LogP) is 2.74. The van der Waals surface area contributed by atoms with E-state index >= 15 is 0 Å². The van der Waals surface area contributed by atoms with Gasteiger partial charge in [0.15, 0.2) is 0 Å². The minimum Gasteiger partial charge on any atom is -0.375 e. The van der Waals surface area contributed by atoms with Crippen molar-refractivity contribution < 1.29 is 4.79 Å². The standard InChI is InChI=1S/C15H28N2O/c1-14(2,3)11-12(15(4,5)6)16(7)9-10-17(8)13(11)18/h9-10H2,1-8H3. The number of likely N-dealkylation sites (N-methyl/N-ethyl adjacent to an activating group) is 2. The summed E-state index contributed by atoms with van der Waals surface area (Å²) in [5.41, 5.74) is 1.99. The number of carbonyl (C=O) groups excluding carboxylic acids is 1. The lowest BCUT2D eigenvalue weighted by Crippen LogP contribution is -2.34. The summed E-state index contributed by atoms with van der Waals surface area (Å²) in [4.78, 5) is 16.7. The molecule has 1 aliphatic rings. The average Bonchev–Trinajstić information content (AvgIpc) is 2.26. The Kier molecular flexibility index (Phi) is 3.85. The van der Waals surface area contributed by atoms with Crippen LogP contribution in [-0.2, 0) is 4.79 Å². The van der Waals surface area contributed by atoms with Crippen LogP contribution in [0.1, 0.15) is 41.5 Å². The van der Waals surface area contributed by atoms with Crippen molar-refractivity contribution in [3.63, 3.8) is 0 Å². The second-order valence-corrected chi connectivity index (χ2v) is 7.37. The van der Waals surface area contributed by atoms with Crippen molar-refractivity contribution >= 4 is 5.91 Å². The van der Waals surface area contributed by atoms with E-state index in [1.807, 2.05) is 11.9 Å². The molecular weight excluding hydrogens is 224 g/mol. The van der Waals surface area contributed by atoms with Gasteiger partial charge < -0.3 is 9.80 Å². The Morgan fingerprint density at radius 3 is 1.67 bits per heavy atom. The van der Waals surface area contributed by atoms with E-state index in [0.717, 1.165) is 18.7 Å². The molecule has 0 N–H and O–H groups in total. The first-order valence-electron chi connectivity index (χ1n) is 6.68. The highest BCUT2D eigenvalue weighted by Gasteiger charge is 2.37. The summed E-state index contributed by atoms with van der Waals surface area (Å²) < 4.78 is 0. The van der Waals surface area contributed by atoms with Gasteiger partial charge in [0.05, 0.1) is 0 Å². The maximum Gasteiger partial charge on any atom is 0.251 e. The average molecular weight is 252 g/mol. The van der Waals surface area contributed by atoms with Crippen LogP contribution in [0.4, 0.5) is 0 Å². The largest absolute Gasteiger partial charge is 0.375 e. The van der Waals surface area contributed by atoms with Crippen LogP contribution in [-0.4, -0.2) is 42.9 Å². The molecule has 104 valence electrons. The summed E-state index contributed by atoms with van der Waals surface area (Å²) in [6, 6.07) is 0. The smallest absolute Gasteiger partial charge is 0.251 e. The van der Waals surface area contributed by atoms with E-state index < -0.39 is 0 Å². The van der Waals surface area contributed by atoms with Crippen LogP contribution in [0.15, 0.2) is 11.3 Å². The van der Waals surface area contributed by atoms with Gasteiger partial charge in [-0.2, -0.15) is 0 Å². The Morgan fingerprint density at radius 1 is 0.833 bits per heavy atom. The van der Waals surface area contributed by atoms with Crippen molar-refractivity contribution in [1.29, 1.82) is 0 Å². The Morgan fingerprint density at radius 2 is 1.28 bits per heavy atom. The van der Waals surface area contributed by atoms with Gasteiger partial charge in [-0.1, -0.05) is 41.5 Å². The maximum absolute atomic E-state index is 12.6. The number of amides is 1. The molecule has 1 aliphatic heterocycles. The summed E-state index contributed by atoms with van der Waals surface area (Å²) in [6.07, 6.45) is 0. The molecule has 0 atom stereocenters. The summed E-state index contributed by atoms with van der Waals surface area (Å²) >= 11 is 0. The van der Waals surface area contributed by atoms with Gasteiger partial charge in [-0.15, -0.1) is 0 Å². The quantitative estimate of drug-likeness (QED) is 0.662. The number of rotatable bonds is 0. The third-order valence-electron chi connectivity index (χ3n) is 3.41. The molecule has 0 aliphatic carbocycles. The Labute approximate surface area is 112 Å². The van der Waals surface area contributed by atoms with E-state index in [1.165, 1.54) is 5.70 Å². The van der Waals surface area contributed by atoms with Gasteiger partial charge in [0.25, 0.3) is 5.91 Å². The first-order valence-corrected chi connectivity index (χ1v) is 6.68. The van der Waals surface area contributed by atoms with Crippen LogP contribution in [0, 0.1) is 10.8 Å². The van der Waals surface area contributed by atoms with Gasteiger partial charge in [0.1, 0.15) is 0 Å². The summed E-state index contributed by atoms with van der Waals surface area (Å²) in [7, 11) is 3.99. The summed E-state index contributed by atoms with van der Waals surface area (Å²) in [5, 5.41) is 0. The molecule has 0 unspecified atom stereocenters. The molecule has 0 radical (unpaired) electrons. The van der Waals surface area contributed by atoms with Gasteiger partial charge in [-0.25, -0.2) is 0 Å². The van der Waals surface area contributed by atoms with Gasteiger partial charge in [0, 0.05) is 43.9 Å². The van der Waals surface area contributed by atoms with Gasteiger partial charge in [-0.05, 0) is 5.41 Å². The zero-order chi connectivity index (χ0) is 14.3. The van der Waals surface area contributed by atoms with Crippen LogP contribution in [0.3, 0.4) is 0 Å². The highest BCUT2D eigenvalue weighted by molar-refractivity contribution is 5.95. The fourth-order valence-electron chi connectivity index (χ4n) is 2.62. The van der Waals surface area contributed by atoms with Crippen molar-refractivity contribution in [1.82, 2.24) is 9.80 Å². The minimum absolute atomic E-state index is 0.0157. The van der Waals surface area contributed by atoms with E-state index in [1.54, 1.807) is 0 Å². The number of carbonyl (C=O) groups is 1. The third-order valence-corrected chi connectivity index (χ3v) is 3.41. The second kappa shape index (κ2) is 4.60. The van der Waals surface area contributed by atoms with E-state index in [2.05, 4.69) is 53.5 Å². The van der Waals surface area contributed by atoms with E-state index in [-0.39, 0.29) is 16.7 Å². The molecule has 0 bridgehead atoms. The Hall–Kier alpha value is -0.990. The molecular formula is C15H28N2O. The van der Waals surface area contributed by atoms with Crippen LogP contribution in [0.5, 0.6) is 0 Å². The topological polar surface area (TPSA) is 23.6 Å². The summed E-state index contributed by atoms with van der Waals surface area (Å²) in [5.74, 6) is 0.178. The molecule has 0 spiro atoms. The normalized spacial score (nSPS) is 19.4. The molecule has 0 fully saturated rings. The monoisotopic (exact) mass is 252 g/mol. The maximum atomic E-state index is 12.6. The Balaban J connectivity index is 3.53. The molecule has 1 amide bonds. The minimum atomic E-state index is -0.132. The molecule has 0 saturated carbocycles. The Bertz CT molecular complexity index is 369.